The lowest BCUT2D eigenvalue weighted by Crippen LogP contribution is -2.18. The molecule has 1 N–H and O–H groups in total. The summed E-state index contributed by atoms with van der Waals surface area (Å²) in [7, 11) is 0. The van der Waals surface area contributed by atoms with Crippen LogP contribution in [-0.2, 0) is 4.79 Å². The summed E-state index contributed by atoms with van der Waals surface area (Å²) in [6.45, 7) is -0.276. The molecule has 2 rings (SSSR count). The second-order valence-corrected chi connectivity index (χ2v) is 3.79. The largest absolute Gasteiger partial charge is 0.482 e. The van der Waals surface area contributed by atoms with Gasteiger partial charge in [-0.05, 0) is 18.2 Å². The summed E-state index contributed by atoms with van der Waals surface area (Å²) in [5.41, 5.74) is -0.0562. The maximum atomic E-state index is 11.5. The van der Waals surface area contributed by atoms with Gasteiger partial charge in [0.2, 0.25) is 0 Å². The summed E-state index contributed by atoms with van der Waals surface area (Å²) in [6, 6.07) is 10.0. The third-order valence-electron chi connectivity index (χ3n) is 2.29. The zero-order valence-corrected chi connectivity index (χ0v) is 10.4. The Morgan fingerprint density at radius 3 is 2.55 bits per heavy atom. The number of ether oxygens (including phenoxy) is 2. The van der Waals surface area contributed by atoms with E-state index in [1.54, 1.807) is 24.3 Å². The quantitative estimate of drug-likeness (QED) is 0.835. The molecule has 0 spiro atoms. The lowest BCUT2D eigenvalue weighted by molar-refractivity contribution is -0.136. The Morgan fingerprint density at radius 2 is 1.85 bits per heavy atom. The number of carbonyl (C=O) groups is 2. The van der Waals surface area contributed by atoms with Gasteiger partial charge in [-0.3, -0.25) is 4.98 Å². The van der Waals surface area contributed by atoms with Gasteiger partial charge in [-0.15, -0.1) is 0 Å². The van der Waals surface area contributed by atoms with Crippen LogP contribution in [0, 0.1) is 0 Å². The van der Waals surface area contributed by atoms with Gasteiger partial charge >= 0.3 is 11.9 Å². The predicted molar refractivity (Wildman–Crippen MR) is 68.8 cm³/mol. The van der Waals surface area contributed by atoms with Gasteiger partial charge in [0.15, 0.2) is 6.61 Å². The average Bonchev–Trinajstić information content (AvgIpc) is 2.46. The van der Waals surface area contributed by atoms with Crippen molar-refractivity contribution in [3.05, 3.63) is 54.4 Å². The zero-order chi connectivity index (χ0) is 14.4. The van der Waals surface area contributed by atoms with Crippen LogP contribution in [-0.4, -0.2) is 28.6 Å². The fourth-order valence-corrected chi connectivity index (χ4v) is 1.41. The van der Waals surface area contributed by atoms with Crippen molar-refractivity contribution in [3.63, 3.8) is 0 Å². The number of benzene rings is 1. The number of pyridine rings is 1. The van der Waals surface area contributed by atoms with Gasteiger partial charge in [-0.25, -0.2) is 9.59 Å². The highest BCUT2D eigenvalue weighted by Gasteiger charge is 2.09. The van der Waals surface area contributed by atoms with Crippen molar-refractivity contribution in [1.82, 2.24) is 4.98 Å². The molecule has 1 aromatic carbocycles. The lowest BCUT2D eigenvalue weighted by atomic mass is 10.3. The normalized spacial score (nSPS) is 9.80. The minimum Gasteiger partial charge on any atom is -0.482 e. The molecule has 20 heavy (non-hydrogen) atoms. The summed E-state index contributed by atoms with van der Waals surface area (Å²) < 4.78 is 10.1. The second kappa shape index (κ2) is 6.33. The molecule has 0 saturated carbocycles. The van der Waals surface area contributed by atoms with E-state index in [1.807, 2.05) is 6.07 Å². The molecule has 0 atom stereocenters. The number of carboxylic acids is 1. The molecule has 6 nitrogen and oxygen atoms in total. The van der Waals surface area contributed by atoms with E-state index >= 15 is 0 Å². The van der Waals surface area contributed by atoms with Crippen molar-refractivity contribution in [1.29, 1.82) is 0 Å². The van der Waals surface area contributed by atoms with Gasteiger partial charge in [0.05, 0.1) is 11.8 Å². The van der Waals surface area contributed by atoms with Crippen LogP contribution in [0.2, 0.25) is 0 Å². The van der Waals surface area contributed by atoms with E-state index in [1.165, 1.54) is 18.5 Å². The summed E-state index contributed by atoms with van der Waals surface area (Å²) >= 11 is 0. The molecule has 0 aliphatic heterocycles. The van der Waals surface area contributed by atoms with Crippen LogP contribution in [0.3, 0.4) is 0 Å². The summed E-state index contributed by atoms with van der Waals surface area (Å²) in [6.07, 6.45) is 2.42. The zero-order valence-electron chi connectivity index (χ0n) is 10.4. The average molecular weight is 273 g/mol. The monoisotopic (exact) mass is 273 g/mol. The van der Waals surface area contributed by atoms with E-state index in [0.717, 1.165) is 0 Å². The topological polar surface area (TPSA) is 85.7 Å². The van der Waals surface area contributed by atoms with Gasteiger partial charge in [-0.2, -0.15) is 0 Å². The number of aromatic carboxylic acids is 1. The molecule has 0 bridgehead atoms. The summed E-state index contributed by atoms with van der Waals surface area (Å²) in [5, 5.41) is 8.79. The number of carbonyl (C=O) groups excluding carboxylic acids is 1. The van der Waals surface area contributed by atoms with Gasteiger partial charge in [0.1, 0.15) is 11.5 Å². The van der Waals surface area contributed by atoms with Crippen LogP contribution in [0.25, 0.3) is 0 Å². The summed E-state index contributed by atoms with van der Waals surface area (Å²) in [4.78, 5) is 26.0. The first kappa shape index (κ1) is 13.5. The molecule has 0 fully saturated rings. The first-order valence-electron chi connectivity index (χ1n) is 5.72. The molecule has 0 radical (unpaired) electrons. The van der Waals surface area contributed by atoms with Crippen LogP contribution in [0.4, 0.5) is 0 Å². The Kier molecular flexibility index (Phi) is 4.28. The highest BCUT2D eigenvalue weighted by molar-refractivity contribution is 5.87. The maximum Gasteiger partial charge on any atom is 0.349 e. The van der Waals surface area contributed by atoms with Crippen molar-refractivity contribution in [2.45, 2.75) is 0 Å². The molecule has 1 aromatic heterocycles. The van der Waals surface area contributed by atoms with Crippen molar-refractivity contribution >= 4 is 11.9 Å². The third kappa shape index (κ3) is 3.81. The molecule has 102 valence electrons. The van der Waals surface area contributed by atoms with E-state index in [2.05, 4.69) is 4.98 Å². The third-order valence-corrected chi connectivity index (χ3v) is 2.29. The highest BCUT2D eigenvalue weighted by Crippen LogP contribution is 2.12. The van der Waals surface area contributed by atoms with Gasteiger partial charge in [-0.1, -0.05) is 18.2 Å². The maximum absolute atomic E-state index is 11.5. The number of hydrogen-bond acceptors (Lipinski definition) is 5. The fraction of sp³-hybridized carbons (Fsp3) is 0.0714. The Hall–Kier alpha value is -2.89. The van der Waals surface area contributed by atoms with Crippen LogP contribution >= 0.6 is 0 Å². The summed E-state index contributed by atoms with van der Waals surface area (Å²) in [5.74, 6) is -1.18. The molecule has 0 aliphatic rings. The molecule has 2 aromatic rings. The number of aromatic nitrogens is 1. The van der Waals surface area contributed by atoms with Crippen LogP contribution in [0.5, 0.6) is 11.5 Å². The first-order valence-corrected chi connectivity index (χ1v) is 5.72. The van der Waals surface area contributed by atoms with Crippen LogP contribution in [0.1, 0.15) is 10.4 Å². The minimum atomic E-state index is -1.14. The number of carboxylic acid groups (broad SMARTS) is 1. The van der Waals surface area contributed by atoms with Crippen LogP contribution < -0.4 is 9.47 Å². The Labute approximate surface area is 114 Å². The van der Waals surface area contributed by atoms with E-state index in [9.17, 15) is 9.59 Å². The first-order chi connectivity index (χ1) is 9.65. The molecular formula is C14H11NO5. The Bertz CT molecular complexity index is 612. The van der Waals surface area contributed by atoms with Crippen molar-refractivity contribution < 1.29 is 24.2 Å². The lowest BCUT2D eigenvalue weighted by Gasteiger charge is -2.06. The van der Waals surface area contributed by atoms with E-state index in [-0.39, 0.29) is 17.9 Å². The molecule has 0 amide bonds. The number of esters is 1. The number of para-hydroxylation sites is 1. The number of nitrogens with zero attached hydrogens (tertiary/aromatic N) is 1. The standard InChI is InChI=1S/C14H11NO5/c16-13(9-19-11-4-2-1-3-5-11)20-12-6-10(14(17)18)7-15-8-12/h1-8H,9H2,(H,17,18). The molecule has 6 heteroatoms. The number of hydrogen-bond donors (Lipinski definition) is 1. The molecule has 0 saturated heterocycles. The van der Waals surface area contributed by atoms with E-state index in [4.69, 9.17) is 14.6 Å². The molecule has 0 unspecified atom stereocenters. The van der Waals surface area contributed by atoms with Crippen molar-refractivity contribution in [3.8, 4) is 11.5 Å². The predicted octanol–water partition coefficient (Wildman–Crippen LogP) is 1.76. The van der Waals surface area contributed by atoms with Gasteiger partial charge in [0.25, 0.3) is 0 Å². The molecule has 1 heterocycles. The fourth-order valence-electron chi connectivity index (χ4n) is 1.41. The highest BCUT2D eigenvalue weighted by atomic mass is 16.6. The van der Waals surface area contributed by atoms with Gasteiger partial charge in [0, 0.05) is 6.20 Å². The van der Waals surface area contributed by atoms with E-state index < -0.39 is 11.9 Å². The second-order valence-electron chi connectivity index (χ2n) is 3.79. The van der Waals surface area contributed by atoms with E-state index in [0.29, 0.717) is 5.75 Å². The smallest absolute Gasteiger partial charge is 0.349 e. The Morgan fingerprint density at radius 1 is 1.10 bits per heavy atom. The Balaban J connectivity index is 1.91. The van der Waals surface area contributed by atoms with Gasteiger partial charge < -0.3 is 14.6 Å². The molecule has 0 aliphatic carbocycles. The van der Waals surface area contributed by atoms with Crippen molar-refractivity contribution in [2.24, 2.45) is 0 Å². The SMILES string of the molecule is O=C(COc1ccccc1)Oc1cncc(C(=O)O)c1. The minimum absolute atomic E-state index is 0.0562. The molecular weight excluding hydrogens is 262 g/mol. The van der Waals surface area contributed by atoms with Crippen molar-refractivity contribution in [2.75, 3.05) is 6.61 Å². The number of rotatable bonds is 5. The van der Waals surface area contributed by atoms with Crippen LogP contribution in [0.15, 0.2) is 48.8 Å².